The van der Waals surface area contributed by atoms with Crippen LogP contribution in [0.25, 0.3) is 5.69 Å². The summed E-state index contributed by atoms with van der Waals surface area (Å²) in [5.74, 6) is 1.24. The number of carbonyl (C=O) groups excluding carboxylic acids is 1. The SMILES string of the molecule is Cc1ccccc1CSc1nnc(CNC(=O)Nc2ccc(Cl)cc2)n1-c1ccc(Cl)cc1Cl. The van der Waals surface area contributed by atoms with E-state index < -0.39 is 0 Å². The second kappa shape index (κ2) is 11.1. The molecule has 0 spiro atoms. The molecule has 0 aliphatic heterocycles. The minimum Gasteiger partial charge on any atom is -0.331 e. The number of nitrogens with one attached hydrogen (secondary N) is 2. The van der Waals surface area contributed by atoms with E-state index in [2.05, 4.69) is 39.9 Å². The van der Waals surface area contributed by atoms with Gasteiger partial charge in [-0.25, -0.2) is 4.79 Å². The number of hydrogen-bond donors (Lipinski definition) is 2. The molecule has 174 valence electrons. The quantitative estimate of drug-likeness (QED) is 0.248. The number of hydrogen-bond acceptors (Lipinski definition) is 4. The first-order chi connectivity index (χ1) is 16.4. The number of rotatable bonds is 7. The Hall–Kier alpha value is -2.71. The number of nitrogens with zero attached hydrogens (tertiary/aromatic N) is 3. The van der Waals surface area contributed by atoms with Crippen LogP contribution in [0, 0.1) is 6.92 Å². The molecule has 6 nitrogen and oxygen atoms in total. The smallest absolute Gasteiger partial charge is 0.319 e. The molecule has 0 atom stereocenters. The zero-order chi connectivity index (χ0) is 24.1. The third kappa shape index (κ3) is 6.04. The molecule has 0 radical (unpaired) electrons. The Balaban J connectivity index is 1.55. The first kappa shape index (κ1) is 24.4. The number of benzene rings is 3. The van der Waals surface area contributed by atoms with E-state index in [1.165, 1.54) is 22.9 Å². The van der Waals surface area contributed by atoms with E-state index in [1.54, 1.807) is 36.4 Å². The van der Waals surface area contributed by atoms with Crippen molar-refractivity contribution >= 4 is 58.3 Å². The van der Waals surface area contributed by atoms with Crippen LogP contribution in [0.5, 0.6) is 0 Å². The monoisotopic (exact) mass is 531 g/mol. The molecule has 1 heterocycles. The molecule has 4 rings (SSSR count). The van der Waals surface area contributed by atoms with Gasteiger partial charge in [0, 0.05) is 21.5 Å². The molecular weight excluding hydrogens is 513 g/mol. The van der Waals surface area contributed by atoms with Gasteiger partial charge in [0.1, 0.15) is 0 Å². The predicted octanol–water partition coefficient (Wildman–Crippen LogP) is 7.15. The van der Waals surface area contributed by atoms with Gasteiger partial charge in [-0.15, -0.1) is 10.2 Å². The Labute approximate surface area is 216 Å². The maximum Gasteiger partial charge on any atom is 0.319 e. The van der Waals surface area contributed by atoms with Crippen LogP contribution in [0.15, 0.2) is 71.9 Å². The third-order valence-corrected chi connectivity index (χ3v) is 6.75. The second-order valence-electron chi connectivity index (χ2n) is 7.36. The van der Waals surface area contributed by atoms with E-state index in [-0.39, 0.29) is 12.6 Å². The molecule has 2 N–H and O–H groups in total. The van der Waals surface area contributed by atoms with Crippen LogP contribution in [0.1, 0.15) is 17.0 Å². The average Bonchev–Trinajstić information content (AvgIpc) is 3.21. The molecule has 34 heavy (non-hydrogen) atoms. The maximum atomic E-state index is 12.4. The Bertz CT molecular complexity index is 1310. The van der Waals surface area contributed by atoms with Crippen molar-refractivity contribution in [3.8, 4) is 5.69 Å². The van der Waals surface area contributed by atoms with Gasteiger partial charge in [0.15, 0.2) is 11.0 Å². The molecule has 0 aliphatic rings. The van der Waals surface area contributed by atoms with Crippen LogP contribution in [-0.2, 0) is 12.3 Å². The zero-order valence-electron chi connectivity index (χ0n) is 18.1. The van der Waals surface area contributed by atoms with Gasteiger partial charge in [-0.05, 0) is 60.5 Å². The lowest BCUT2D eigenvalue weighted by Gasteiger charge is -2.13. The highest BCUT2D eigenvalue weighted by Crippen LogP contribution is 2.31. The topological polar surface area (TPSA) is 71.8 Å². The van der Waals surface area contributed by atoms with Crippen LogP contribution in [-0.4, -0.2) is 20.8 Å². The van der Waals surface area contributed by atoms with Crippen LogP contribution in [0.3, 0.4) is 0 Å². The number of aryl methyl sites for hydroxylation is 1. The van der Waals surface area contributed by atoms with Crippen LogP contribution < -0.4 is 10.6 Å². The summed E-state index contributed by atoms with van der Waals surface area (Å²) >= 11 is 20.0. The minimum atomic E-state index is -0.381. The fourth-order valence-corrected chi connectivity index (χ4v) is 4.85. The van der Waals surface area contributed by atoms with Crippen molar-refractivity contribution in [3.63, 3.8) is 0 Å². The number of carbonyl (C=O) groups is 1. The van der Waals surface area contributed by atoms with Gasteiger partial charge in [0.2, 0.25) is 0 Å². The summed E-state index contributed by atoms with van der Waals surface area (Å²) in [6.07, 6.45) is 0. The first-order valence-electron chi connectivity index (χ1n) is 10.3. The first-order valence-corrected chi connectivity index (χ1v) is 12.4. The van der Waals surface area contributed by atoms with Crippen molar-refractivity contribution in [2.75, 3.05) is 5.32 Å². The van der Waals surface area contributed by atoms with Crippen molar-refractivity contribution in [1.82, 2.24) is 20.1 Å². The number of thioether (sulfide) groups is 1. The summed E-state index contributed by atoms with van der Waals surface area (Å²) in [5, 5.41) is 16.5. The maximum absolute atomic E-state index is 12.4. The van der Waals surface area contributed by atoms with Crippen molar-refractivity contribution in [1.29, 1.82) is 0 Å². The Morgan fingerprint density at radius 3 is 2.44 bits per heavy atom. The van der Waals surface area contributed by atoms with Crippen molar-refractivity contribution in [2.45, 2.75) is 24.4 Å². The molecule has 2 amide bonds. The van der Waals surface area contributed by atoms with Gasteiger partial charge in [0.25, 0.3) is 0 Å². The lowest BCUT2D eigenvalue weighted by atomic mass is 10.1. The average molecular weight is 533 g/mol. The summed E-state index contributed by atoms with van der Waals surface area (Å²) in [4.78, 5) is 12.4. The molecule has 0 bridgehead atoms. The number of anilines is 1. The Kier molecular flexibility index (Phi) is 8.00. The summed E-state index contributed by atoms with van der Waals surface area (Å²) in [6, 6.07) is 19.9. The number of aromatic nitrogens is 3. The van der Waals surface area contributed by atoms with E-state index in [4.69, 9.17) is 34.8 Å². The molecule has 0 aliphatic carbocycles. The fraction of sp³-hybridized carbons (Fsp3) is 0.125. The number of amides is 2. The van der Waals surface area contributed by atoms with Crippen LogP contribution >= 0.6 is 46.6 Å². The largest absolute Gasteiger partial charge is 0.331 e. The third-order valence-electron chi connectivity index (χ3n) is 4.98. The number of halogens is 3. The lowest BCUT2D eigenvalue weighted by molar-refractivity contribution is 0.251. The van der Waals surface area contributed by atoms with E-state index in [0.717, 1.165) is 0 Å². The fourth-order valence-electron chi connectivity index (χ4n) is 3.20. The van der Waals surface area contributed by atoms with E-state index in [1.807, 2.05) is 22.8 Å². The normalized spacial score (nSPS) is 10.8. The summed E-state index contributed by atoms with van der Waals surface area (Å²) < 4.78 is 1.84. The van der Waals surface area contributed by atoms with Crippen LogP contribution in [0.4, 0.5) is 10.5 Å². The van der Waals surface area contributed by atoms with Gasteiger partial charge < -0.3 is 10.6 Å². The van der Waals surface area contributed by atoms with Crippen molar-refractivity contribution < 1.29 is 4.79 Å². The molecule has 3 aromatic carbocycles. The summed E-state index contributed by atoms with van der Waals surface area (Å²) in [6.45, 7) is 2.21. The van der Waals surface area contributed by atoms with Gasteiger partial charge in [-0.1, -0.05) is 70.8 Å². The van der Waals surface area contributed by atoms with Gasteiger partial charge >= 0.3 is 6.03 Å². The second-order valence-corrected chi connectivity index (χ2v) is 9.58. The minimum absolute atomic E-state index is 0.135. The predicted molar refractivity (Wildman–Crippen MR) is 139 cm³/mol. The highest BCUT2D eigenvalue weighted by Gasteiger charge is 2.18. The zero-order valence-corrected chi connectivity index (χ0v) is 21.1. The summed E-state index contributed by atoms with van der Waals surface area (Å²) in [7, 11) is 0. The van der Waals surface area contributed by atoms with E-state index >= 15 is 0 Å². The molecule has 0 saturated carbocycles. The van der Waals surface area contributed by atoms with Gasteiger partial charge in [0.05, 0.1) is 17.3 Å². The molecule has 10 heteroatoms. The molecule has 4 aromatic rings. The molecule has 1 aromatic heterocycles. The highest BCUT2D eigenvalue weighted by molar-refractivity contribution is 7.98. The highest BCUT2D eigenvalue weighted by atomic mass is 35.5. The number of urea groups is 1. The lowest BCUT2D eigenvalue weighted by Crippen LogP contribution is -2.29. The van der Waals surface area contributed by atoms with Crippen molar-refractivity contribution in [2.24, 2.45) is 0 Å². The molecule has 0 fully saturated rings. The van der Waals surface area contributed by atoms with Gasteiger partial charge in [-0.2, -0.15) is 0 Å². The molecular formula is C24H20Cl3N5OS. The summed E-state index contributed by atoms with van der Waals surface area (Å²) in [5.41, 5.74) is 3.70. The Morgan fingerprint density at radius 1 is 0.971 bits per heavy atom. The van der Waals surface area contributed by atoms with Gasteiger partial charge in [-0.3, -0.25) is 4.57 Å². The molecule has 0 saturated heterocycles. The van der Waals surface area contributed by atoms with E-state index in [9.17, 15) is 4.79 Å². The van der Waals surface area contributed by atoms with E-state index in [0.29, 0.717) is 43.2 Å². The Morgan fingerprint density at radius 2 is 1.71 bits per heavy atom. The van der Waals surface area contributed by atoms with Crippen molar-refractivity contribution in [3.05, 3.63) is 98.7 Å². The van der Waals surface area contributed by atoms with Crippen LogP contribution in [0.2, 0.25) is 15.1 Å². The molecule has 0 unspecified atom stereocenters. The standard InChI is InChI=1S/C24H20Cl3N5OS/c1-15-4-2-3-5-16(15)14-34-24-31-30-22(32(24)21-11-8-18(26)12-20(21)27)13-28-23(33)29-19-9-6-17(25)7-10-19/h2-12H,13-14H2,1H3,(H2,28,29,33).